The molecule has 0 radical (unpaired) electrons. The molecule has 1 aromatic heterocycles. The molecule has 0 bridgehead atoms. The molecule has 0 spiro atoms. The normalized spacial score (nSPS) is 8.33. The lowest BCUT2D eigenvalue weighted by atomic mass is 10.2. The SMILES string of the molecule is C#C.CC.N#Cc1cnn(-c2cccc(C(=O)O)c2)c1N. The van der Waals surface area contributed by atoms with Gasteiger partial charge < -0.3 is 10.8 Å². The number of aromatic nitrogens is 2. The van der Waals surface area contributed by atoms with Gasteiger partial charge in [-0.3, -0.25) is 0 Å². The predicted octanol–water partition coefficient (Wildman–Crippen LogP) is 2.30. The van der Waals surface area contributed by atoms with E-state index in [4.69, 9.17) is 16.1 Å². The molecule has 0 aliphatic rings. The topological polar surface area (TPSA) is 105 Å². The van der Waals surface area contributed by atoms with Crippen molar-refractivity contribution in [1.29, 1.82) is 5.26 Å². The summed E-state index contributed by atoms with van der Waals surface area (Å²) in [5.41, 5.74) is 6.60. The van der Waals surface area contributed by atoms with Crippen LogP contribution < -0.4 is 5.73 Å². The van der Waals surface area contributed by atoms with Crippen molar-refractivity contribution in [2.45, 2.75) is 13.8 Å². The van der Waals surface area contributed by atoms with Crippen LogP contribution in [0.15, 0.2) is 30.5 Å². The Kier molecular flexibility index (Phi) is 7.42. The van der Waals surface area contributed by atoms with E-state index in [-0.39, 0.29) is 16.9 Å². The molecule has 2 rings (SSSR count). The molecule has 21 heavy (non-hydrogen) atoms. The van der Waals surface area contributed by atoms with Crippen LogP contribution in [0.3, 0.4) is 0 Å². The number of nitrogens with zero attached hydrogens (tertiary/aromatic N) is 3. The van der Waals surface area contributed by atoms with E-state index in [0.717, 1.165) is 0 Å². The molecule has 108 valence electrons. The fourth-order valence-electron chi connectivity index (χ4n) is 1.42. The van der Waals surface area contributed by atoms with E-state index in [2.05, 4.69) is 17.9 Å². The Hall–Kier alpha value is -3.25. The maximum atomic E-state index is 10.8. The molecule has 0 aliphatic carbocycles. The number of benzene rings is 1. The van der Waals surface area contributed by atoms with E-state index >= 15 is 0 Å². The second-order valence-electron chi connectivity index (χ2n) is 3.32. The van der Waals surface area contributed by atoms with Crippen molar-refractivity contribution in [3.63, 3.8) is 0 Å². The Labute approximate surface area is 123 Å². The molecule has 0 saturated heterocycles. The van der Waals surface area contributed by atoms with E-state index < -0.39 is 5.97 Å². The maximum Gasteiger partial charge on any atom is 0.335 e. The summed E-state index contributed by atoms with van der Waals surface area (Å²) in [6.45, 7) is 4.00. The van der Waals surface area contributed by atoms with Crippen molar-refractivity contribution in [1.82, 2.24) is 9.78 Å². The van der Waals surface area contributed by atoms with Crippen LogP contribution in [0, 0.1) is 24.2 Å². The minimum Gasteiger partial charge on any atom is -0.478 e. The molecule has 2 aromatic rings. The summed E-state index contributed by atoms with van der Waals surface area (Å²) in [6.07, 6.45) is 9.34. The van der Waals surface area contributed by atoms with Crippen molar-refractivity contribution >= 4 is 11.8 Å². The zero-order valence-corrected chi connectivity index (χ0v) is 11.8. The molecule has 0 fully saturated rings. The molecule has 1 heterocycles. The zero-order chi connectivity index (χ0) is 16.4. The number of hydrogen-bond acceptors (Lipinski definition) is 4. The molecule has 6 nitrogen and oxygen atoms in total. The third-order valence-corrected chi connectivity index (χ3v) is 2.26. The molecule has 6 heteroatoms. The lowest BCUT2D eigenvalue weighted by Gasteiger charge is -2.04. The fourth-order valence-corrected chi connectivity index (χ4v) is 1.42. The lowest BCUT2D eigenvalue weighted by Crippen LogP contribution is -2.04. The first-order valence-corrected chi connectivity index (χ1v) is 6.04. The number of nitrogens with two attached hydrogens (primary N) is 1. The zero-order valence-electron chi connectivity index (χ0n) is 11.8. The van der Waals surface area contributed by atoms with Crippen LogP contribution >= 0.6 is 0 Å². The summed E-state index contributed by atoms with van der Waals surface area (Å²) in [6, 6.07) is 8.06. The summed E-state index contributed by atoms with van der Waals surface area (Å²) < 4.78 is 1.32. The minimum atomic E-state index is -1.03. The van der Waals surface area contributed by atoms with Crippen molar-refractivity contribution < 1.29 is 9.90 Å². The largest absolute Gasteiger partial charge is 0.478 e. The minimum absolute atomic E-state index is 0.135. The van der Waals surface area contributed by atoms with Gasteiger partial charge in [-0.05, 0) is 18.2 Å². The summed E-state index contributed by atoms with van der Waals surface area (Å²) in [5, 5.41) is 21.5. The molecular formula is C15H16N4O2. The third-order valence-electron chi connectivity index (χ3n) is 2.26. The van der Waals surface area contributed by atoms with Crippen LogP contribution in [-0.4, -0.2) is 20.9 Å². The van der Waals surface area contributed by atoms with Crippen molar-refractivity contribution in [2.75, 3.05) is 5.73 Å². The van der Waals surface area contributed by atoms with E-state index in [1.807, 2.05) is 19.9 Å². The van der Waals surface area contributed by atoms with Gasteiger partial charge in [0.15, 0.2) is 0 Å². The predicted molar refractivity (Wildman–Crippen MR) is 80.9 cm³/mol. The van der Waals surface area contributed by atoms with Gasteiger partial charge in [0.1, 0.15) is 17.5 Å². The van der Waals surface area contributed by atoms with Crippen LogP contribution in [-0.2, 0) is 0 Å². The lowest BCUT2D eigenvalue weighted by molar-refractivity contribution is 0.0697. The van der Waals surface area contributed by atoms with Gasteiger partial charge in [-0.1, -0.05) is 19.9 Å². The summed E-state index contributed by atoms with van der Waals surface area (Å²) in [4.78, 5) is 10.8. The molecule has 0 atom stereocenters. The van der Waals surface area contributed by atoms with Gasteiger partial charge >= 0.3 is 5.97 Å². The second kappa shape index (κ2) is 8.78. The monoisotopic (exact) mass is 284 g/mol. The van der Waals surface area contributed by atoms with Crippen molar-refractivity contribution in [2.24, 2.45) is 0 Å². The summed E-state index contributed by atoms with van der Waals surface area (Å²) in [7, 11) is 0. The second-order valence-corrected chi connectivity index (χ2v) is 3.32. The summed E-state index contributed by atoms with van der Waals surface area (Å²) >= 11 is 0. The molecule has 0 saturated carbocycles. The van der Waals surface area contributed by atoms with Crippen LogP contribution in [0.25, 0.3) is 5.69 Å². The smallest absolute Gasteiger partial charge is 0.335 e. The van der Waals surface area contributed by atoms with Gasteiger partial charge in [0.2, 0.25) is 0 Å². The standard InChI is InChI=1S/C11H8N4O2.C2H6.C2H2/c12-5-8-6-14-15(10(8)13)9-3-1-2-7(4-9)11(16)17;2*1-2/h1-4,6H,13H2,(H,16,17);1-2H3;1-2H. The Morgan fingerprint density at radius 3 is 2.52 bits per heavy atom. The van der Waals surface area contributed by atoms with Crippen molar-refractivity contribution in [3.05, 3.63) is 41.6 Å². The van der Waals surface area contributed by atoms with Gasteiger partial charge in [-0.2, -0.15) is 10.4 Å². The Morgan fingerprint density at radius 1 is 1.43 bits per heavy atom. The van der Waals surface area contributed by atoms with Crippen LogP contribution in [0.1, 0.15) is 29.8 Å². The highest BCUT2D eigenvalue weighted by Gasteiger charge is 2.10. The number of hydrogen-bond donors (Lipinski definition) is 2. The number of nitriles is 1. The third kappa shape index (κ3) is 4.12. The van der Waals surface area contributed by atoms with Gasteiger partial charge in [0.05, 0.1) is 17.4 Å². The van der Waals surface area contributed by atoms with Gasteiger partial charge in [0, 0.05) is 0 Å². The van der Waals surface area contributed by atoms with Crippen LogP contribution in [0.2, 0.25) is 0 Å². The van der Waals surface area contributed by atoms with Crippen LogP contribution in [0.5, 0.6) is 0 Å². The maximum absolute atomic E-state index is 10.8. The Balaban J connectivity index is 0.000000921. The Bertz CT molecular complexity index is 666. The first-order chi connectivity index (χ1) is 10.1. The molecule has 3 N–H and O–H groups in total. The Morgan fingerprint density at radius 2 is 2.05 bits per heavy atom. The number of rotatable bonds is 2. The average molecular weight is 284 g/mol. The van der Waals surface area contributed by atoms with Gasteiger partial charge in [-0.25, -0.2) is 9.48 Å². The number of carboxylic acid groups (broad SMARTS) is 1. The highest BCUT2D eigenvalue weighted by Crippen LogP contribution is 2.17. The molecule has 0 amide bonds. The summed E-state index contributed by atoms with van der Waals surface area (Å²) in [5.74, 6) is -0.840. The highest BCUT2D eigenvalue weighted by atomic mass is 16.4. The average Bonchev–Trinajstić information content (AvgIpc) is 2.92. The molecule has 0 aliphatic heterocycles. The number of anilines is 1. The molecule has 0 unspecified atom stereocenters. The number of aromatic carboxylic acids is 1. The van der Waals surface area contributed by atoms with E-state index in [1.54, 1.807) is 12.1 Å². The van der Waals surface area contributed by atoms with E-state index in [1.165, 1.54) is 23.0 Å². The van der Waals surface area contributed by atoms with Crippen molar-refractivity contribution in [3.8, 4) is 24.6 Å². The highest BCUT2D eigenvalue weighted by molar-refractivity contribution is 5.88. The van der Waals surface area contributed by atoms with Gasteiger partial charge in [-0.15, -0.1) is 12.8 Å². The van der Waals surface area contributed by atoms with Crippen LogP contribution in [0.4, 0.5) is 5.82 Å². The number of nitrogen functional groups attached to an aromatic ring is 1. The quantitative estimate of drug-likeness (QED) is 0.823. The first kappa shape index (κ1) is 17.8. The number of carbonyl (C=O) groups is 1. The number of terminal acetylenes is 1. The van der Waals surface area contributed by atoms with Gasteiger partial charge in [0.25, 0.3) is 0 Å². The van der Waals surface area contributed by atoms with E-state index in [9.17, 15) is 4.79 Å². The fraction of sp³-hybridized carbons (Fsp3) is 0.133. The first-order valence-electron chi connectivity index (χ1n) is 6.04. The molecular weight excluding hydrogens is 268 g/mol. The van der Waals surface area contributed by atoms with E-state index in [0.29, 0.717) is 5.69 Å². The molecule has 1 aromatic carbocycles. The number of carboxylic acids is 1.